The third-order valence-electron chi connectivity index (χ3n) is 4.73. The number of hydrogen-bond acceptors (Lipinski definition) is 2. The Hall–Kier alpha value is -2.62. The fraction of sp³-hybridized carbons (Fsp3) is 0.391. The van der Waals surface area contributed by atoms with Crippen LogP contribution in [0.3, 0.4) is 0 Å². The van der Waals surface area contributed by atoms with Crippen LogP contribution in [0.15, 0.2) is 48.5 Å². The van der Waals surface area contributed by atoms with Gasteiger partial charge in [-0.2, -0.15) is 0 Å². The van der Waals surface area contributed by atoms with Crippen LogP contribution in [0.25, 0.3) is 0 Å². The van der Waals surface area contributed by atoms with Crippen molar-refractivity contribution in [2.24, 2.45) is 5.92 Å². The summed E-state index contributed by atoms with van der Waals surface area (Å²) in [6.45, 7) is 8.48. The zero-order valence-electron chi connectivity index (χ0n) is 17.0. The van der Waals surface area contributed by atoms with Crippen LogP contribution < -0.4 is 5.32 Å². The summed E-state index contributed by atoms with van der Waals surface area (Å²) < 4.78 is 0. The van der Waals surface area contributed by atoms with Gasteiger partial charge in [-0.3, -0.25) is 9.59 Å². The smallest absolute Gasteiger partial charge is 0.251 e. The van der Waals surface area contributed by atoms with Gasteiger partial charge in [0.1, 0.15) is 6.04 Å². The van der Waals surface area contributed by atoms with Gasteiger partial charge in [0.05, 0.1) is 0 Å². The Morgan fingerprint density at radius 3 is 2.22 bits per heavy atom. The van der Waals surface area contributed by atoms with Crippen LogP contribution in [0.5, 0.6) is 0 Å². The monoisotopic (exact) mass is 366 g/mol. The maximum atomic E-state index is 13.0. The summed E-state index contributed by atoms with van der Waals surface area (Å²) in [7, 11) is 1.78. The van der Waals surface area contributed by atoms with Crippen LogP contribution in [-0.2, 0) is 17.8 Å². The van der Waals surface area contributed by atoms with E-state index >= 15 is 0 Å². The minimum Gasteiger partial charge on any atom is -0.340 e. The molecule has 0 spiro atoms. The van der Waals surface area contributed by atoms with E-state index in [1.54, 1.807) is 18.0 Å². The van der Waals surface area contributed by atoms with E-state index in [-0.39, 0.29) is 17.7 Å². The fourth-order valence-corrected chi connectivity index (χ4v) is 2.99. The summed E-state index contributed by atoms with van der Waals surface area (Å²) in [4.78, 5) is 27.2. The number of nitrogens with zero attached hydrogens (tertiary/aromatic N) is 1. The highest BCUT2D eigenvalue weighted by atomic mass is 16.2. The number of benzene rings is 2. The van der Waals surface area contributed by atoms with Crippen molar-refractivity contribution >= 4 is 11.8 Å². The van der Waals surface area contributed by atoms with Crippen LogP contribution >= 0.6 is 0 Å². The minimum absolute atomic E-state index is 0.00354. The van der Waals surface area contributed by atoms with E-state index in [1.165, 1.54) is 5.56 Å². The molecule has 2 aromatic carbocycles. The van der Waals surface area contributed by atoms with Gasteiger partial charge in [0.25, 0.3) is 5.91 Å². The molecular weight excluding hydrogens is 336 g/mol. The Morgan fingerprint density at radius 1 is 1.04 bits per heavy atom. The molecule has 0 saturated carbocycles. The van der Waals surface area contributed by atoms with Crippen LogP contribution in [0.4, 0.5) is 0 Å². The van der Waals surface area contributed by atoms with Gasteiger partial charge >= 0.3 is 0 Å². The predicted molar refractivity (Wildman–Crippen MR) is 110 cm³/mol. The van der Waals surface area contributed by atoms with Gasteiger partial charge in [0.2, 0.25) is 5.91 Å². The lowest BCUT2D eigenvalue weighted by atomic mass is 10.0. The molecule has 0 fully saturated rings. The Bertz CT molecular complexity index is 781. The number of nitrogens with one attached hydrogen (secondary N) is 1. The number of amides is 2. The van der Waals surface area contributed by atoms with Gasteiger partial charge in [0.15, 0.2) is 0 Å². The number of rotatable bonds is 7. The summed E-state index contributed by atoms with van der Waals surface area (Å²) in [5.41, 5.74) is 3.95. The van der Waals surface area contributed by atoms with Crippen molar-refractivity contribution in [1.29, 1.82) is 0 Å². The number of likely N-dealkylation sites (N-methyl/N-ethyl adjacent to an activating group) is 1. The first-order valence-electron chi connectivity index (χ1n) is 9.52. The van der Waals surface area contributed by atoms with Crippen molar-refractivity contribution in [3.8, 4) is 0 Å². The van der Waals surface area contributed by atoms with Crippen LogP contribution in [0.1, 0.15) is 47.8 Å². The second kappa shape index (κ2) is 9.36. The lowest BCUT2D eigenvalue weighted by molar-refractivity contribution is -0.133. The molecule has 0 heterocycles. The lowest BCUT2D eigenvalue weighted by Gasteiger charge is -2.27. The molecule has 0 aliphatic heterocycles. The number of aryl methyl sites for hydroxylation is 2. The molecular formula is C23H30N2O2. The average molecular weight is 367 g/mol. The lowest BCUT2D eigenvalue weighted by Crippen LogP contribution is -2.50. The molecule has 0 bridgehead atoms. The topological polar surface area (TPSA) is 49.4 Å². The van der Waals surface area contributed by atoms with Gasteiger partial charge in [-0.25, -0.2) is 0 Å². The van der Waals surface area contributed by atoms with E-state index in [2.05, 4.69) is 36.5 Å². The van der Waals surface area contributed by atoms with Gasteiger partial charge in [-0.15, -0.1) is 0 Å². The van der Waals surface area contributed by atoms with Crippen LogP contribution in [0.2, 0.25) is 0 Å². The van der Waals surface area contributed by atoms with E-state index in [0.717, 1.165) is 17.5 Å². The third-order valence-corrected chi connectivity index (χ3v) is 4.73. The molecule has 0 saturated heterocycles. The summed E-state index contributed by atoms with van der Waals surface area (Å²) in [5, 5.41) is 2.91. The molecule has 2 amide bonds. The Labute approximate surface area is 162 Å². The van der Waals surface area contributed by atoms with E-state index < -0.39 is 6.04 Å². The second-order valence-electron chi connectivity index (χ2n) is 7.43. The first-order chi connectivity index (χ1) is 12.8. The summed E-state index contributed by atoms with van der Waals surface area (Å²) >= 11 is 0. The van der Waals surface area contributed by atoms with Crippen LogP contribution in [-0.4, -0.2) is 29.8 Å². The zero-order chi connectivity index (χ0) is 20.0. The van der Waals surface area contributed by atoms with E-state index in [1.807, 2.05) is 39.0 Å². The predicted octanol–water partition coefficient (Wildman–Crippen LogP) is 3.97. The number of hydrogen-bond donors (Lipinski definition) is 1. The quantitative estimate of drug-likeness (QED) is 0.806. The van der Waals surface area contributed by atoms with Crippen molar-refractivity contribution in [3.05, 3.63) is 70.8 Å². The van der Waals surface area contributed by atoms with Gasteiger partial charge in [-0.1, -0.05) is 62.7 Å². The molecule has 2 aromatic rings. The minimum atomic E-state index is -0.557. The van der Waals surface area contributed by atoms with E-state index in [4.69, 9.17) is 0 Å². The molecule has 1 atom stereocenters. The Balaban J connectivity index is 2.07. The molecule has 4 heteroatoms. The largest absolute Gasteiger partial charge is 0.340 e. The Morgan fingerprint density at radius 2 is 1.67 bits per heavy atom. The zero-order valence-corrected chi connectivity index (χ0v) is 17.0. The fourth-order valence-electron chi connectivity index (χ4n) is 2.99. The van der Waals surface area contributed by atoms with Crippen LogP contribution in [0, 0.1) is 12.8 Å². The van der Waals surface area contributed by atoms with Gasteiger partial charge in [0, 0.05) is 19.2 Å². The molecule has 1 unspecified atom stereocenters. The summed E-state index contributed by atoms with van der Waals surface area (Å²) in [5.74, 6) is -0.298. The standard InChI is InChI=1S/C23H30N2O2/c1-6-18-10-12-19(13-11-18)15-25(5)23(27)21(16(2)3)24-22(26)20-9-7-8-17(4)14-20/h7-14,16,21H,6,15H2,1-5H3,(H,24,26). The molecule has 27 heavy (non-hydrogen) atoms. The molecule has 0 aliphatic carbocycles. The molecule has 1 N–H and O–H groups in total. The molecule has 0 radical (unpaired) electrons. The van der Waals surface area contributed by atoms with Gasteiger partial charge in [-0.05, 0) is 42.5 Å². The highest BCUT2D eigenvalue weighted by Crippen LogP contribution is 2.12. The highest BCUT2D eigenvalue weighted by Gasteiger charge is 2.27. The normalized spacial score (nSPS) is 11.9. The first-order valence-corrected chi connectivity index (χ1v) is 9.52. The van der Waals surface area contributed by atoms with Crippen molar-refractivity contribution in [2.75, 3.05) is 7.05 Å². The van der Waals surface area contributed by atoms with E-state index in [0.29, 0.717) is 12.1 Å². The van der Waals surface area contributed by atoms with Crippen molar-refractivity contribution in [2.45, 2.75) is 46.7 Å². The SMILES string of the molecule is CCc1ccc(CN(C)C(=O)C(NC(=O)c2cccc(C)c2)C(C)C)cc1. The molecule has 144 valence electrons. The molecule has 2 rings (SSSR count). The average Bonchev–Trinajstić information content (AvgIpc) is 2.65. The van der Waals surface area contributed by atoms with Gasteiger partial charge < -0.3 is 10.2 Å². The van der Waals surface area contributed by atoms with Crippen molar-refractivity contribution < 1.29 is 9.59 Å². The number of carbonyl (C=O) groups excluding carboxylic acids is 2. The molecule has 4 nitrogen and oxygen atoms in total. The highest BCUT2D eigenvalue weighted by molar-refractivity contribution is 5.97. The molecule has 0 aromatic heterocycles. The second-order valence-corrected chi connectivity index (χ2v) is 7.43. The number of carbonyl (C=O) groups is 2. The maximum Gasteiger partial charge on any atom is 0.251 e. The molecule has 0 aliphatic rings. The third kappa shape index (κ3) is 5.68. The summed E-state index contributed by atoms with van der Waals surface area (Å²) in [6.07, 6.45) is 0.996. The van der Waals surface area contributed by atoms with Crippen molar-refractivity contribution in [1.82, 2.24) is 10.2 Å². The van der Waals surface area contributed by atoms with Crippen molar-refractivity contribution in [3.63, 3.8) is 0 Å². The first kappa shape index (κ1) is 20.7. The maximum absolute atomic E-state index is 13.0. The Kier molecular flexibility index (Phi) is 7.17. The summed E-state index contributed by atoms with van der Waals surface area (Å²) in [6, 6.07) is 15.1. The van der Waals surface area contributed by atoms with E-state index in [9.17, 15) is 9.59 Å².